The highest BCUT2D eigenvalue weighted by molar-refractivity contribution is 6.31. The van der Waals surface area contributed by atoms with Crippen LogP contribution in [0.5, 0.6) is 0 Å². The molecule has 360 valence electrons. The Hall–Kier alpha value is -6.46. The molecule has 0 spiro atoms. The molecule has 2 fully saturated rings. The van der Waals surface area contributed by atoms with E-state index in [0.717, 1.165) is 47.1 Å². The fraction of sp³-hybridized carbons (Fsp3) is 0.386. The third-order valence-corrected chi connectivity index (χ3v) is 14.8. The lowest BCUT2D eigenvalue weighted by Crippen LogP contribution is -2.63. The van der Waals surface area contributed by atoms with Gasteiger partial charge in [0, 0.05) is 54.8 Å². The number of esters is 1. The van der Waals surface area contributed by atoms with Gasteiger partial charge in [-0.1, -0.05) is 165 Å². The zero-order valence-corrected chi connectivity index (χ0v) is 41.0. The predicted molar refractivity (Wildman–Crippen MR) is 267 cm³/mol. The van der Waals surface area contributed by atoms with Crippen LogP contribution in [0.2, 0.25) is 5.02 Å². The van der Waals surface area contributed by atoms with Crippen molar-refractivity contribution >= 4 is 41.4 Å². The number of fused-ring (bicyclic) bond motifs is 3. The highest BCUT2D eigenvalue weighted by Gasteiger charge is 2.49. The van der Waals surface area contributed by atoms with E-state index >= 15 is 4.79 Å². The van der Waals surface area contributed by atoms with Crippen molar-refractivity contribution in [3.8, 4) is 11.1 Å². The molecule has 3 aliphatic rings. The van der Waals surface area contributed by atoms with E-state index in [2.05, 4.69) is 29.6 Å². The van der Waals surface area contributed by atoms with Crippen LogP contribution >= 0.6 is 11.6 Å². The molecule has 12 heteroatoms. The van der Waals surface area contributed by atoms with Gasteiger partial charge in [0.15, 0.2) is 5.60 Å². The zero-order chi connectivity index (χ0) is 48.9. The van der Waals surface area contributed by atoms with E-state index in [1.165, 1.54) is 16.8 Å². The standard InChI is InChI=1S/C57H63ClN4O7/c1-38(2)51(61(5)54(66)56(32-16-17-33-56)59-55(67)68-37-46-44-24-12-10-22-42(44)43-23-11-13-25-45(43)46)53(65)60(4)49(52(64)62-34-18-7-19-35-62)36-50(63)69-57(40-20-8-6-9-21-40,41-30-28-39(3)29-31-41)47-26-14-15-27-48(47)58/h6,8-15,20-31,38,46,49,51H,7,16-19,32-37H2,1-5H3,(H,59,67)/t49-,51-,57?/m0/s1. The van der Waals surface area contributed by atoms with E-state index in [1.807, 2.05) is 118 Å². The summed E-state index contributed by atoms with van der Waals surface area (Å²) in [4.78, 5) is 78.0. The number of hydrogen-bond donors (Lipinski definition) is 1. The maximum absolute atomic E-state index is 15.1. The van der Waals surface area contributed by atoms with Crippen LogP contribution in [0.15, 0.2) is 127 Å². The van der Waals surface area contributed by atoms with E-state index in [0.29, 0.717) is 60.5 Å². The lowest BCUT2D eigenvalue weighted by Gasteiger charge is -2.41. The molecule has 5 aromatic rings. The van der Waals surface area contributed by atoms with Gasteiger partial charge in [0.1, 0.15) is 24.2 Å². The number of halogens is 1. The number of piperidine rings is 1. The summed E-state index contributed by atoms with van der Waals surface area (Å²) in [5.41, 5.74) is 4.36. The summed E-state index contributed by atoms with van der Waals surface area (Å²) in [6.07, 6.45) is 3.50. The number of carbonyl (C=O) groups is 5. The highest BCUT2D eigenvalue weighted by Crippen LogP contribution is 2.46. The van der Waals surface area contributed by atoms with Crippen LogP contribution in [-0.2, 0) is 34.3 Å². The second kappa shape index (κ2) is 21.0. The zero-order valence-electron chi connectivity index (χ0n) is 40.3. The van der Waals surface area contributed by atoms with Gasteiger partial charge in [0.2, 0.25) is 17.7 Å². The average molecular weight is 952 g/mol. The number of alkyl carbamates (subject to hydrolysis) is 1. The van der Waals surface area contributed by atoms with Gasteiger partial charge in [-0.3, -0.25) is 19.2 Å². The summed E-state index contributed by atoms with van der Waals surface area (Å²) < 4.78 is 12.7. The van der Waals surface area contributed by atoms with Gasteiger partial charge >= 0.3 is 12.1 Å². The third-order valence-electron chi connectivity index (χ3n) is 14.5. The van der Waals surface area contributed by atoms with E-state index in [-0.39, 0.29) is 18.4 Å². The number of likely N-dealkylation sites (N-methyl/N-ethyl adjacent to an activating group) is 2. The Kier molecular flexibility index (Phi) is 14.9. The molecule has 0 radical (unpaired) electrons. The third kappa shape index (κ3) is 9.89. The molecular formula is C57H63ClN4O7. The van der Waals surface area contributed by atoms with Crippen molar-refractivity contribution in [1.82, 2.24) is 20.0 Å². The summed E-state index contributed by atoms with van der Waals surface area (Å²) in [6.45, 7) is 6.72. The van der Waals surface area contributed by atoms with Crippen molar-refractivity contribution in [2.24, 2.45) is 5.92 Å². The Morgan fingerprint density at radius 1 is 0.725 bits per heavy atom. The number of carbonyl (C=O) groups excluding carboxylic acids is 5. The van der Waals surface area contributed by atoms with Gasteiger partial charge in [-0.2, -0.15) is 0 Å². The quantitative estimate of drug-likeness (QED) is 0.0818. The monoisotopic (exact) mass is 950 g/mol. The first kappa shape index (κ1) is 49.0. The SMILES string of the molecule is Cc1ccc(C(OC(=O)C[C@@H](C(=O)N2CCCCC2)N(C)C(=O)[C@H](C(C)C)N(C)C(=O)C2(NC(=O)OCC3c4ccccc4-c4ccccc43)CCCC2)(c2ccccc2)c2ccccc2Cl)cc1. The largest absolute Gasteiger partial charge is 0.449 e. The maximum Gasteiger partial charge on any atom is 0.408 e. The molecule has 11 nitrogen and oxygen atoms in total. The Balaban J connectivity index is 1.05. The van der Waals surface area contributed by atoms with Crippen molar-refractivity contribution in [3.05, 3.63) is 166 Å². The molecule has 1 heterocycles. The number of aryl methyl sites for hydroxylation is 1. The van der Waals surface area contributed by atoms with E-state index in [4.69, 9.17) is 21.1 Å². The Bertz CT molecular complexity index is 2620. The first-order valence-electron chi connectivity index (χ1n) is 24.3. The van der Waals surface area contributed by atoms with Crippen LogP contribution in [0.25, 0.3) is 11.1 Å². The van der Waals surface area contributed by atoms with Crippen molar-refractivity contribution in [3.63, 3.8) is 0 Å². The van der Waals surface area contributed by atoms with Crippen molar-refractivity contribution in [2.45, 2.75) is 101 Å². The van der Waals surface area contributed by atoms with Crippen molar-refractivity contribution in [2.75, 3.05) is 33.8 Å². The topological polar surface area (TPSA) is 126 Å². The van der Waals surface area contributed by atoms with Gasteiger partial charge in [-0.25, -0.2) is 4.79 Å². The number of nitrogens with one attached hydrogen (secondary N) is 1. The van der Waals surface area contributed by atoms with Gasteiger partial charge in [-0.15, -0.1) is 0 Å². The second-order valence-corrected chi connectivity index (χ2v) is 19.7. The van der Waals surface area contributed by atoms with Gasteiger partial charge < -0.3 is 29.5 Å². The van der Waals surface area contributed by atoms with Gasteiger partial charge in [0.05, 0.1) is 6.42 Å². The van der Waals surface area contributed by atoms with Crippen LogP contribution in [0.1, 0.15) is 105 Å². The minimum absolute atomic E-state index is 0.0859. The van der Waals surface area contributed by atoms with Gasteiger partial charge in [-0.05, 0) is 73.3 Å². The van der Waals surface area contributed by atoms with Crippen molar-refractivity contribution in [1.29, 1.82) is 0 Å². The molecular weight excluding hydrogens is 888 g/mol. The Labute approximate surface area is 411 Å². The minimum Gasteiger partial charge on any atom is -0.449 e. The number of ether oxygens (including phenoxy) is 2. The molecule has 1 aliphatic heterocycles. The van der Waals surface area contributed by atoms with Crippen LogP contribution in [0, 0.1) is 12.8 Å². The van der Waals surface area contributed by atoms with Crippen molar-refractivity contribution < 1.29 is 33.4 Å². The van der Waals surface area contributed by atoms with Crippen LogP contribution < -0.4 is 5.32 Å². The lowest BCUT2D eigenvalue weighted by molar-refractivity contribution is -0.161. The summed E-state index contributed by atoms with van der Waals surface area (Å²) in [5.74, 6) is -2.62. The molecule has 0 aromatic heterocycles. The number of nitrogens with zero attached hydrogens (tertiary/aromatic N) is 3. The summed E-state index contributed by atoms with van der Waals surface area (Å²) in [6, 6.07) is 38.2. The molecule has 4 amide bonds. The predicted octanol–water partition coefficient (Wildman–Crippen LogP) is 10.0. The minimum atomic E-state index is -1.53. The number of benzene rings is 5. The van der Waals surface area contributed by atoms with Crippen LogP contribution in [0.4, 0.5) is 4.79 Å². The van der Waals surface area contributed by atoms with Gasteiger partial charge in [0.25, 0.3) is 0 Å². The molecule has 1 N–H and O–H groups in total. The summed E-state index contributed by atoms with van der Waals surface area (Å²) in [5, 5.41) is 3.36. The van der Waals surface area contributed by atoms with E-state index in [9.17, 15) is 19.2 Å². The number of likely N-dealkylation sites (tertiary alicyclic amines) is 1. The number of hydrogen-bond acceptors (Lipinski definition) is 7. The smallest absolute Gasteiger partial charge is 0.408 e. The Morgan fingerprint density at radius 3 is 1.90 bits per heavy atom. The molecule has 2 aliphatic carbocycles. The lowest BCUT2D eigenvalue weighted by atomic mass is 9.79. The molecule has 8 rings (SSSR count). The van der Waals surface area contributed by atoms with Crippen LogP contribution in [0.3, 0.4) is 0 Å². The molecule has 0 bridgehead atoms. The number of rotatable bonds is 15. The molecule has 1 saturated heterocycles. The normalized spacial score (nSPS) is 16.9. The maximum atomic E-state index is 15.1. The average Bonchev–Trinajstić information content (AvgIpc) is 3.97. The Morgan fingerprint density at radius 2 is 1.29 bits per heavy atom. The molecule has 3 atom stereocenters. The van der Waals surface area contributed by atoms with Crippen LogP contribution in [-0.4, -0.2) is 95.9 Å². The summed E-state index contributed by atoms with van der Waals surface area (Å²) in [7, 11) is 3.10. The summed E-state index contributed by atoms with van der Waals surface area (Å²) >= 11 is 6.99. The van der Waals surface area contributed by atoms with E-state index < -0.39 is 59.4 Å². The molecule has 1 saturated carbocycles. The fourth-order valence-electron chi connectivity index (χ4n) is 10.9. The first-order valence-corrected chi connectivity index (χ1v) is 24.7. The fourth-order valence-corrected chi connectivity index (χ4v) is 11.1. The van der Waals surface area contributed by atoms with E-state index in [1.54, 1.807) is 18.0 Å². The second-order valence-electron chi connectivity index (χ2n) is 19.3. The molecule has 69 heavy (non-hydrogen) atoms. The number of amides is 4. The molecule has 5 aromatic carbocycles. The molecule has 1 unspecified atom stereocenters. The first-order chi connectivity index (χ1) is 33.3. The highest BCUT2D eigenvalue weighted by atomic mass is 35.5.